The Hall–Kier alpha value is -1.44. The molecule has 0 saturated carbocycles. The van der Waals surface area contributed by atoms with Crippen molar-refractivity contribution in [1.82, 2.24) is 0 Å². The van der Waals surface area contributed by atoms with Crippen LogP contribution >= 0.6 is 0 Å². The van der Waals surface area contributed by atoms with E-state index in [9.17, 15) is 0 Å². The first-order valence-corrected chi connectivity index (χ1v) is 4.45. The van der Waals surface area contributed by atoms with Crippen LogP contribution in [0.25, 0.3) is 0 Å². The molecule has 1 heterocycles. The van der Waals surface area contributed by atoms with Crippen LogP contribution in [-0.2, 0) is 16.1 Å². The molecule has 0 bridgehead atoms. The van der Waals surface area contributed by atoms with Gasteiger partial charge in [-0.25, -0.2) is 0 Å². The smallest absolute Gasteiger partial charge is 0.275 e. The van der Waals surface area contributed by atoms with E-state index in [1.54, 1.807) is 0 Å². The highest BCUT2D eigenvalue weighted by Gasteiger charge is 2.05. The molecule has 0 atom stereocenters. The third-order valence-corrected chi connectivity index (χ3v) is 1.90. The molecule has 0 radical (unpaired) electrons. The van der Waals surface area contributed by atoms with Gasteiger partial charge in [0.15, 0.2) is 0 Å². The summed E-state index contributed by atoms with van der Waals surface area (Å²) in [4.78, 5) is 0. The lowest BCUT2D eigenvalue weighted by Gasteiger charge is -2.06. The standard InChI is InChI=1S/C11H12O2/c1-2-5-10(6-3-1)9-13-11-7-4-8-12-11/h1-3,5-7H,4,8-9H2. The zero-order valence-electron chi connectivity index (χ0n) is 7.40. The van der Waals surface area contributed by atoms with Gasteiger partial charge in [0.25, 0.3) is 5.95 Å². The van der Waals surface area contributed by atoms with E-state index in [4.69, 9.17) is 9.47 Å². The SMILES string of the molecule is C1=C(OCc2ccccc2)OCC1. The van der Waals surface area contributed by atoms with E-state index in [-0.39, 0.29) is 0 Å². The second-order valence-corrected chi connectivity index (χ2v) is 2.93. The summed E-state index contributed by atoms with van der Waals surface area (Å²) >= 11 is 0. The van der Waals surface area contributed by atoms with Gasteiger partial charge in [0, 0.05) is 6.42 Å². The van der Waals surface area contributed by atoms with E-state index in [1.807, 2.05) is 36.4 Å². The van der Waals surface area contributed by atoms with Crippen LogP contribution < -0.4 is 0 Å². The number of hydrogen-bond donors (Lipinski definition) is 0. The second kappa shape index (κ2) is 3.99. The van der Waals surface area contributed by atoms with Crippen LogP contribution in [0, 0.1) is 0 Å². The lowest BCUT2D eigenvalue weighted by Crippen LogP contribution is -1.93. The van der Waals surface area contributed by atoms with E-state index < -0.39 is 0 Å². The van der Waals surface area contributed by atoms with Crippen molar-refractivity contribution in [2.24, 2.45) is 0 Å². The molecule has 0 aromatic heterocycles. The van der Waals surface area contributed by atoms with Gasteiger partial charge in [-0.15, -0.1) is 0 Å². The van der Waals surface area contributed by atoms with Crippen molar-refractivity contribution >= 4 is 0 Å². The normalized spacial score (nSPS) is 14.9. The van der Waals surface area contributed by atoms with Crippen LogP contribution in [0.5, 0.6) is 0 Å². The Labute approximate surface area is 77.8 Å². The fourth-order valence-electron chi connectivity index (χ4n) is 1.22. The zero-order valence-corrected chi connectivity index (χ0v) is 7.40. The van der Waals surface area contributed by atoms with Crippen molar-refractivity contribution in [2.75, 3.05) is 6.61 Å². The molecule has 0 amide bonds. The van der Waals surface area contributed by atoms with Crippen molar-refractivity contribution in [2.45, 2.75) is 13.0 Å². The molecular formula is C11H12O2. The quantitative estimate of drug-likeness (QED) is 0.704. The summed E-state index contributed by atoms with van der Waals surface area (Å²) < 4.78 is 10.6. The predicted molar refractivity (Wildman–Crippen MR) is 49.9 cm³/mol. The van der Waals surface area contributed by atoms with E-state index in [0.29, 0.717) is 12.6 Å². The Kier molecular flexibility index (Phi) is 2.51. The van der Waals surface area contributed by atoms with E-state index in [1.165, 1.54) is 5.56 Å². The highest BCUT2D eigenvalue weighted by Crippen LogP contribution is 2.12. The van der Waals surface area contributed by atoms with Gasteiger partial charge in [-0.2, -0.15) is 0 Å². The fourth-order valence-corrected chi connectivity index (χ4v) is 1.22. The summed E-state index contributed by atoms with van der Waals surface area (Å²) in [5.41, 5.74) is 1.17. The van der Waals surface area contributed by atoms with Crippen molar-refractivity contribution in [3.05, 3.63) is 47.9 Å². The van der Waals surface area contributed by atoms with Crippen molar-refractivity contribution in [3.8, 4) is 0 Å². The molecule has 1 aliphatic heterocycles. The number of ether oxygens (including phenoxy) is 2. The average Bonchev–Trinajstić information content (AvgIpc) is 2.69. The lowest BCUT2D eigenvalue weighted by molar-refractivity contribution is 0.0450. The molecule has 1 aromatic carbocycles. The highest BCUT2D eigenvalue weighted by atomic mass is 16.7. The molecule has 2 rings (SSSR count). The van der Waals surface area contributed by atoms with Gasteiger partial charge in [-0.05, 0) is 11.6 Å². The van der Waals surface area contributed by atoms with Gasteiger partial charge in [0.05, 0.1) is 6.61 Å². The van der Waals surface area contributed by atoms with Gasteiger partial charge in [0.2, 0.25) is 0 Å². The molecule has 2 heteroatoms. The van der Waals surface area contributed by atoms with Crippen LogP contribution in [0.15, 0.2) is 42.4 Å². The Morgan fingerprint density at radius 1 is 1.23 bits per heavy atom. The van der Waals surface area contributed by atoms with Gasteiger partial charge in [0.1, 0.15) is 6.61 Å². The summed E-state index contributed by atoms with van der Waals surface area (Å²) in [6.07, 6.45) is 2.94. The third-order valence-electron chi connectivity index (χ3n) is 1.90. The van der Waals surface area contributed by atoms with Crippen LogP contribution in [0.2, 0.25) is 0 Å². The predicted octanol–water partition coefficient (Wildman–Crippen LogP) is 2.46. The van der Waals surface area contributed by atoms with Gasteiger partial charge < -0.3 is 9.47 Å². The molecule has 0 N–H and O–H groups in total. The van der Waals surface area contributed by atoms with Crippen molar-refractivity contribution in [1.29, 1.82) is 0 Å². The number of hydrogen-bond acceptors (Lipinski definition) is 2. The summed E-state index contributed by atoms with van der Waals surface area (Å²) in [5.74, 6) is 0.670. The summed E-state index contributed by atoms with van der Waals surface area (Å²) in [5, 5.41) is 0. The maximum absolute atomic E-state index is 5.43. The molecule has 1 aromatic rings. The molecule has 13 heavy (non-hydrogen) atoms. The molecule has 0 fully saturated rings. The average molecular weight is 176 g/mol. The first-order valence-electron chi connectivity index (χ1n) is 4.45. The molecule has 68 valence electrons. The topological polar surface area (TPSA) is 18.5 Å². The van der Waals surface area contributed by atoms with Crippen LogP contribution in [0.3, 0.4) is 0 Å². The molecule has 1 aliphatic rings. The third kappa shape index (κ3) is 2.25. The summed E-state index contributed by atoms with van der Waals surface area (Å²) in [6, 6.07) is 10.1. The van der Waals surface area contributed by atoms with Gasteiger partial charge >= 0.3 is 0 Å². The van der Waals surface area contributed by atoms with Crippen LogP contribution in [0.4, 0.5) is 0 Å². The monoisotopic (exact) mass is 176 g/mol. The molecule has 0 spiro atoms. The first kappa shape index (κ1) is 8.17. The highest BCUT2D eigenvalue weighted by molar-refractivity contribution is 5.13. The summed E-state index contributed by atoms with van der Waals surface area (Å²) in [7, 11) is 0. The van der Waals surface area contributed by atoms with Gasteiger partial charge in [-0.1, -0.05) is 30.3 Å². The minimum atomic E-state index is 0.590. The van der Waals surface area contributed by atoms with E-state index in [0.717, 1.165) is 13.0 Å². The fraction of sp³-hybridized carbons (Fsp3) is 0.273. The molecular weight excluding hydrogens is 164 g/mol. The van der Waals surface area contributed by atoms with E-state index in [2.05, 4.69) is 0 Å². The van der Waals surface area contributed by atoms with Gasteiger partial charge in [-0.3, -0.25) is 0 Å². The second-order valence-electron chi connectivity index (χ2n) is 2.93. The maximum atomic E-state index is 5.43. The number of rotatable bonds is 3. The number of benzene rings is 1. The minimum absolute atomic E-state index is 0.590. The first-order chi connectivity index (χ1) is 6.45. The molecule has 0 unspecified atom stereocenters. The molecule has 0 aliphatic carbocycles. The zero-order chi connectivity index (χ0) is 8.93. The Bertz CT molecular complexity index is 290. The Balaban J connectivity index is 1.86. The minimum Gasteiger partial charge on any atom is -0.465 e. The van der Waals surface area contributed by atoms with Crippen molar-refractivity contribution in [3.63, 3.8) is 0 Å². The van der Waals surface area contributed by atoms with Crippen molar-refractivity contribution < 1.29 is 9.47 Å². The lowest BCUT2D eigenvalue weighted by atomic mass is 10.2. The van der Waals surface area contributed by atoms with Crippen LogP contribution in [0.1, 0.15) is 12.0 Å². The Morgan fingerprint density at radius 2 is 2.08 bits per heavy atom. The van der Waals surface area contributed by atoms with Crippen LogP contribution in [-0.4, -0.2) is 6.61 Å². The largest absolute Gasteiger partial charge is 0.465 e. The van der Waals surface area contributed by atoms with E-state index >= 15 is 0 Å². The molecule has 0 saturated heterocycles. The molecule has 2 nitrogen and oxygen atoms in total. The Morgan fingerprint density at radius 3 is 2.77 bits per heavy atom. The summed E-state index contributed by atoms with van der Waals surface area (Å²) in [6.45, 7) is 1.34. The maximum Gasteiger partial charge on any atom is 0.275 e.